The van der Waals surface area contributed by atoms with Crippen LogP contribution in [0.15, 0.2) is 41.5 Å². The topological polar surface area (TPSA) is 77.6 Å². The first kappa shape index (κ1) is 19.3. The smallest absolute Gasteiger partial charge is 0.198 e. The number of aryl methyl sites for hydroxylation is 1. The molecule has 0 amide bonds. The predicted octanol–water partition coefficient (Wildman–Crippen LogP) is 4.56. The van der Waals surface area contributed by atoms with E-state index in [0.717, 1.165) is 22.4 Å². The number of hydrogen-bond donors (Lipinski definition) is 1. The van der Waals surface area contributed by atoms with Crippen LogP contribution in [0.2, 0.25) is 10.0 Å². The zero-order valence-corrected chi connectivity index (χ0v) is 16.9. The van der Waals surface area contributed by atoms with Crippen molar-refractivity contribution in [3.05, 3.63) is 69.1 Å². The molecule has 3 aromatic rings. The van der Waals surface area contributed by atoms with E-state index in [0.29, 0.717) is 32.6 Å². The molecule has 0 radical (unpaired) electrons. The van der Waals surface area contributed by atoms with Crippen molar-refractivity contribution in [2.45, 2.75) is 0 Å². The maximum atomic E-state index is 12.2. The lowest BCUT2D eigenvalue weighted by Gasteiger charge is -2.17. The second-order valence-electron chi connectivity index (χ2n) is 6.58. The molecule has 1 aliphatic rings. The number of carbonyl (C=O) groups excluding carboxylic acids is 1. The number of Topliss-reactive ketones (excluding diaryl/α,β-unsaturated/α-hetero) is 1. The van der Waals surface area contributed by atoms with E-state index in [2.05, 4.69) is 14.9 Å². The van der Waals surface area contributed by atoms with Gasteiger partial charge in [0.1, 0.15) is 6.54 Å². The SMILES string of the molecule is [C-]#[N+]c1cc(Cl)c(Cl)cc1-c1c(-c2ccc3c(c2)C(CN)=NCC3=O)cnn1C. The summed E-state index contributed by atoms with van der Waals surface area (Å²) in [7, 11) is 1.80. The van der Waals surface area contributed by atoms with Gasteiger partial charge in [0.2, 0.25) is 0 Å². The number of benzene rings is 2. The first-order valence-electron chi connectivity index (χ1n) is 8.74. The molecule has 4 rings (SSSR count). The molecule has 6 nitrogen and oxygen atoms in total. The van der Waals surface area contributed by atoms with Gasteiger partial charge in [-0.2, -0.15) is 5.10 Å². The van der Waals surface area contributed by atoms with Crippen molar-refractivity contribution in [3.63, 3.8) is 0 Å². The standard InChI is InChI=1S/C21H15Cl2N5O/c1-25-18-7-17(23)16(22)6-14(18)21-15(9-27-28(21)2)11-3-4-12-13(5-11)19(8-24)26-10-20(12)29/h3-7,9H,8,10,24H2,2H3. The fraction of sp³-hybridized carbons (Fsp3) is 0.143. The van der Waals surface area contributed by atoms with Gasteiger partial charge in [-0.1, -0.05) is 35.3 Å². The van der Waals surface area contributed by atoms with Crippen LogP contribution in [0.4, 0.5) is 5.69 Å². The third-order valence-electron chi connectivity index (χ3n) is 4.90. The van der Waals surface area contributed by atoms with Gasteiger partial charge in [0.15, 0.2) is 11.5 Å². The number of halogens is 2. The van der Waals surface area contributed by atoms with Gasteiger partial charge >= 0.3 is 0 Å². The highest BCUT2D eigenvalue weighted by molar-refractivity contribution is 6.42. The summed E-state index contributed by atoms with van der Waals surface area (Å²) in [5.41, 5.74) is 11.2. The van der Waals surface area contributed by atoms with Gasteiger partial charge < -0.3 is 5.73 Å². The third-order valence-corrected chi connectivity index (χ3v) is 5.62. The molecule has 2 heterocycles. The molecule has 0 saturated carbocycles. The van der Waals surface area contributed by atoms with Gasteiger partial charge in [-0.05, 0) is 23.8 Å². The summed E-state index contributed by atoms with van der Waals surface area (Å²) in [6.07, 6.45) is 1.72. The lowest BCUT2D eigenvalue weighted by atomic mass is 9.91. The van der Waals surface area contributed by atoms with Gasteiger partial charge in [0.25, 0.3) is 0 Å². The maximum absolute atomic E-state index is 12.2. The number of aliphatic imine (C=N–C) groups is 1. The molecule has 0 fully saturated rings. The van der Waals surface area contributed by atoms with Gasteiger partial charge in [-0.25, -0.2) is 4.85 Å². The van der Waals surface area contributed by atoms with Crippen molar-refractivity contribution in [1.29, 1.82) is 0 Å². The van der Waals surface area contributed by atoms with E-state index in [1.165, 1.54) is 0 Å². The number of ketones is 1. The Kier molecular flexibility index (Phi) is 4.97. The number of nitrogens with two attached hydrogens (primary N) is 1. The predicted molar refractivity (Wildman–Crippen MR) is 115 cm³/mol. The first-order valence-corrected chi connectivity index (χ1v) is 9.50. The Bertz CT molecular complexity index is 1240. The average molecular weight is 424 g/mol. The van der Waals surface area contributed by atoms with Crippen LogP contribution in [0.1, 0.15) is 15.9 Å². The molecule has 1 aromatic heterocycles. The van der Waals surface area contributed by atoms with Crippen molar-refractivity contribution in [2.24, 2.45) is 17.8 Å². The highest BCUT2D eigenvalue weighted by Crippen LogP contribution is 2.41. The molecular formula is C21H15Cl2N5O. The molecule has 2 N–H and O–H groups in total. The van der Waals surface area contributed by atoms with Crippen LogP contribution in [-0.2, 0) is 7.05 Å². The van der Waals surface area contributed by atoms with E-state index >= 15 is 0 Å². The van der Waals surface area contributed by atoms with Crippen LogP contribution in [0.25, 0.3) is 27.2 Å². The number of fused-ring (bicyclic) bond motifs is 1. The van der Waals surface area contributed by atoms with Crippen LogP contribution in [-0.4, -0.2) is 34.4 Å². The number of aromatic nitrogens is 2. The number of nitrogens with zero attached hydrogens (tertiary/aromatic N) is 4. The van der Waals surface area contributed by atoms with Crippen molar-refractivity contribution in [2.75, 3.05) is 13.1 Å². The van der Waals surface area contributed by atoms with E-state index in [4.69, 9.17) is 35.5 Å². The van der Waals surface area contributed by atoms with E-state index < -0.39 is 0 Å². The van der Waals surface area contributed by atoms with Crippen molar-refractivity contribution >= 4 is 40.4 Å². The molecule has 0 atom stereocenters. The molecule has 1 aliphatic heterocycles. The zero-order valence-electron chi connectivity index (χ0n) is 15.4. The third kappa shape index (κ3) is 3.23. The number of rotatable bonds is 3. The molecule has 0 bridgehead atoms. The fourth-order valence-electron chi connectivity index (χ4n) is 3.49. The molecule has 0 saturated heterocycles. The van der Waals surface area contributed by atoms with Gasteiger partial charge in [-0.3, -0.25) is 14.5 Å². The molecule has 2 aromatic carbocycles. The summed E-state index contributed by atoms with van der Waals surface area (Å²) < 4.78 is 1.69. The van der Waals surface area contributed by atoms with Gasteiger partial charge in [0, 0.05) is 40.9 Å². The summed E-state index contributed by atoms with van der Waals surface area (Å²) in [6.45, 7) is 7.89. The normalized spacial score (nSPS) is 13.1. The lowest BCUT2D eigenvalue weighted by molar-refractivity contribution is 0.1000. The second kappa shape index (κ2) is 7.45. The molecular weight excluding hydrogens is 409 g/mol. The number of carbonyl (C=O) groups is 1. The van der Waals surface area contributed by atoms with Crippen molar-refractivity contribution in [1.82, 2.24) is 9.78 Å². The van der Waals surface area contributed by atoms with Gasteiger partial charge in [-0.15, -0.1) is 0 Å². The second-order valence-corrected chi connectivity index (χ2v) is 7.39. The maximum Gasteiger partial charge on any atom is 0.198 e. The Morgan fingerprint density at radius 3 is 2.62 bits per heavy atom. The number of hydrogen-bond acceptors (Lipinski definition) is 4. The molecule has 144 valence electrons. The minimum absolute atomic E-state index is 0.0325. The van der Waals surface area contributed by atoms with Crippen molar-refractivity contribution in [3.8, 4) is 22.4 Å². The molecule has 0 aliphatic carbocycles. The molecule has 29 heavy (non-hydrogen) atoms. The molecule has 0 unspecified atom stereocenters. The summed E-state index contributed by atoms with van der Waals surface area (Å²) in [4.78, 5) is 20.1. The Hall–Kier alpha value is -2.98. The van der Waals surface area contributed by atoms with E-state index in [1.54, 1.807) is 36.1 Å². The molecule has 0 spiro atoms. The van der Waals surface area contributed by atoms with Crippen LogP contribution in [0.3, 0.4) is 0 Å². The van der Waals surface area contributed by atoms with Gasteiger partial charge in [0.05, 0.1) is 29.2 Å². The first-order chi connectivity index (χ1) is 13.9. The van der Waals surface area contributed by atoms with Crippen LogP contribution < -0.4 is 5.73 Å². The van der Waals surface area contributed by atoms with Crippen molar-refractivity contribution < 1.29 is 4.79 Å². The summed E-state index contributed by atoms with van der Waals surface area (Å²) in [5, 5.41) is 5.06. The Morgan fingerprint density at radius 1 is 1.14 bits per heavy atom. The largest absolute Gasteiger partial charge is 0.325 e. The molecule has 8 heteroatoms. The van der Waals surface area contributed by atoms with Crippen LogP contribution in [0, 0.1) is 6.57 Å². The van der Waals surface area contributed by atoms with E-state index in [-0.39, 0.29) is 18.9 Å². The lowest BCUT2D eigenvalue weighted by Crippen LogP contribution is -2.24. The fourth-order valence-corrected chi connectivity index (χ4v) is 3.81. The highest BCUT2D eigenvalue weighted by atomic mass is 35.5. The zero-order chi connectivity index (χ0) is 20.7. The van der Waals surface area contributed by atoms with Crippen LogP contribution >= 0.6 is 23.2 Å². The Labute approximate surface area is 177 Å². The quantitative estimate of drug-likeness (QED) is 0.627. The van der Waals surface area contributed by atoms with E-state index in [1.807, 2.05) is 12.1 Å². The summed E-state index contributed by atoms with van der Waals surface area (Å²) >= 11 is 12.3. The Balaban J connectivity index is 1.93. The Morgan fingerprint density at radius 2 is 1.90 bits per heavy atom. The minimum atomic E-state index is -0.0325. The highest BCUT2D eigenvalue weighted by Gasteiger charge is 2.23. The van der Waals surface area contributed by atoms with E-state index in [9.17, 15) is 4.79 Å². The monoisotopic (exact) mass is 423 g/mol. The summed E-state index contributed by atoms with van der Waals surface area (Å²) in [5.74, 6) is -0.0325. The van der Waals surface area contributed by atoms with Crippen LogP contribution in [0.5, 0.6) is 0 Å². The minimum Gasteiger partial charge on any atom is -0.325 e. The average Bonchev–Trinajstić information content (AvgIpc) is 3.11. The summed E-state index contributed by atoms with van der Waals surface area (Å²) in [6, 6.07) is 8.78.